The molecule has 0 aromatic heterocycles. The lowest BCUT2D eigenvalue weighted by Crippen LogP contribution is -2.32. The van der Waals surface area contributed by atoms with E-state index in [1.54, 1.807) is 0 Å². The molecule has 10 nitrogen and oxygen atoms in total. The van der Waals surface area contributed by atoms with Crippen molar-refractivity contribution in [3.63, 3.8) is 0 Å². The van der Waals surface area contributed by atoms with E-state index in [1.165, 1.54) is 73.1 Å². The summed E-state index contributed by atoms with van der Waals surface area (Å²) < 4.78 is 29.5. The van der Waals surface area contributed by atoms with E-state index in [0.29, 0.717) is 0 Å². The number of nitrogens with zero attached hydrogens (tertiary/aromatic N) is 2. The molecular weight excluding hydrogens is 588 g/mol. The number of hydrogen-bond donors (Lipinski definition) is 7. The molecule has 5 rings (SSSR count). The predicted molar refractivity (Wildman–Crippen MR) is 164 cm³/mol. The quantitative estimate of drug-likeness (QED) is 0.0867. The van der Waals surface area contributed by atoms with Gasteiger partial charge in [0.05, 0.1) is 11.4 Å². The standard InChI is InChI=1S/C33H25F2N3O7/c34-25-5-3-23(37-15-17-1-7-27(39)32(44)30(17)42)11-19(25)9-21-13-36-14-22(29(21)41)10-20-12-24(4-6-26(20)35)38-16-18-2-8-28(40)33(45)31(18)43/h1-12,15-16,36,39-40,42-45H,13-14H2/b21-9+,22-10+,37-15?,38-16?. The molecule has 7 N–H and O–H groups in total. The number of carbonyl (C=O) groups is 1. The number of ketones is 1. The Balaban J connectivity index is 1.39. The highest BCUT2D eigenvalue weighted by atomic mass is 19.1. The van der Waals surface area contributed by atoms with Crippen molar-refractivity contribution in [3.8, 4) is 34.5 Å². The van der Waals surface area contributed by atoms with Gasteiger partial charge in [0.25, 0.3) is 0 Å². The molecule has 228 valence electrons. The van der Waals surface area contributed by atoms with Crippen molar-refractivity contribution >= 4 is 41.7 Å². The van der Waals surface area contributed by atoms with Crippen LogP contribution in [-0.4, -0.2) is 61.9 Å². The van der Waals surface area contributed by atoms with Crippen LogP contribution in [0.3, 0.4) is 0 Å². The Kier molecular flexibility index (Phi) is 8.59. The number of nitrogens with one attached hydrogen (secondary N) is 1. The molecule has 1 aliphatic heterocycles. The van der Waals surface area contributed by atoms with Crippen LogP contribution in [-0.2, 0) is 4.79 Å². The first-order valence-corrected chi connectivity index (χ1v) is 13.3. The summed E-state index contributed by atoms with van der Waals surface area (Å²) in [6.07, 6.45) is 5.15. The zero-order valence-electron chi connectivity index (χ0n) is 23.2. The number of hydrogen-bond acceptors (Lipinski definition) is 10. The molecule has 0 unspecified atom stereocenters. The van der Waals surface area contributed by atoms with Crippen LogP contribution in [0, 0.1) is 11.6 Å². The molecule has 4 aromatic carbocycles. The number of piperidine rings is 1. The molecule has 1 fully saturated rings. The van der Waals surface area contributed by atoms with Crippen LogP contribution in [0.15, 0.2) is 81.8 Å². The lowest BCUT2D eigenvalue weighted by molar-refractivity contribution is -0.112. The lowest BCUT2D eigenvalue weighted by Gasteiger charge is -2.18. The summed E-state index contributed by atoms with van der Waals surface area (Å²) in [6, 6.07) is 12.8. The maximum absolute atomic E-state index is 14.7. The van der Waals surface area contributed by atoms with Gasteiger partial charge in [-0.3, -0.25) is 14.8 Å². The summed E-state index contributed by atoms with van der Waals surface area (Å²) in [5.41, 5.74) is 1.30. The van der Waals surface area contributed by atoms with Crippen LogP contribution in [0.2, 0.25) is 0 Å². The first-order valence-electron chi connectivity index (χ1n) is 13.3. The number of phenols is 6. The molecule has 1 saturated heterocycles. The molecule has 0 atom stereocenters. The van der Waals surface area contributed by atoms with Crippen LogP contribution < -0.4 is 5.32 Å². The van der Waals surface area contributed by atoms with Gasteiger partial charge in [-0.15, -0.1) is 0 Å². The van der Waals surface area contributed by atoms with E-state index in [9.17, 15) is 44.2 Å². The highest BCUT2D eigenvalue weighted by molar-refractivity contribution is 6.14. The fourth-order valence-corrected chi connectivity index (χ4v) is 4.42. The first kappa shape index (κ1) is 30.4. The number of rotatable bonds is 6. The van der Waals surface area contributed by atoms with Crippen molar-refractivity contribution in [1.29, 1.82) is 0 Å². The fraction of sp³-hybridized carbons (Fsp3) is 0.0606. The summed E-state index contributed by atoms with van der Waals surface area (Å²) >= 11 is 0. The maximum Gasteiger partial charge on any atom is 0.200 e. The number of halogens is 2. The Morgan fingerprint density at radius 3 is 1.42 bits per heavy atom. The molecule has 0 radical (unpaired) electrons. The molecule has 45 heavy (non-hydrogen) atoms. The summed E-state index contributed by atoms with van der Waals surface area (Å²) in [4.78, 5) is 21.7. The molecule has 0 bridgehead atoms. The zero-order valence-corrected chi connectivity index (χ0v) is 23.2. The molecule has 0 spiro atoms. The number of Topliss-reactive ketones (excluding diaryl/α,β-unsaturated/α-hetero) is 1. The largest absolute Gasteiger partial charge is 0.504 e. The normalized spacial score (nSPS) is 15.6. The lowest BCUT2D eigenvalue weighted by atomic mass is 9.95. The molecule has 1 heterocycles. The second-order valence-corrected chi connectivity index (χ2v) is 9.94. The minimum Gasteiger partial charge on any atom is -0.504 e. The molecule has 12 heteroatoms. The molecule has 0 amide bonds. The van der Waals surface area contributed by atoms with E-state index in [4.69, 9.17) is 0 Å². The van der Waals surface area contributed by atoms with Gasteiger partial charge in [-0.25, -0.2) is 8.78 Å². The van der Waals surface area contributed by atoms with Crippen molar-refractivity contribution in [2.75, 3.05) is 13.1 Å². The van der Waals surface area contributed by atoms with Crippen molar-refractivity contribution in [1.82, 2.24) is 5.32 Å². The first-order chi connectivity index (χ1) is 21.5. The van der Waals surface area contributed by atoms with E-state index in [1.807, 2.05) is 0 Å². The van der Waals surface area contributed by atoms with Crippen LogP contribution in [0.1, 0.15) is 22.3 Å². The van der Waals surface area contributed by atoms with E-state index < -0.39 is 51.9 Å². The smallest absolute Gasteiger partial charge is 0.200 e. The average molecular weight is 614 g/mol. The van der Waals surface area contributed by atoms with Crippen LogP contribution >= 0.6 is 0 Å². The van der Waals surface area contributed by atoms with Crippen molar-refractivity contribution < 1.29 is 44.2 Å². The van der Waals surface area contributed by atoms with E-state index in [0.717, 1.165) is 12.1 Å². The Morgan fingerprint density at radius 2 is 1.00 bits per heavy atom. The summed E-state index contributed by atoms with van der Waals surface area (Å²) in [6.45, 7) is 0.249. The third-order valence-corrected chi connectivity index (χ3v) is 6.86. The third kappa shape index (κ3) is 6.65. The van der Waals surface area contributed by atoms with Crippen molar-refractivity contribution in [2.24, 2.45) is 9.98 Å². The van der Waals surface area contributed by atoms with Gasteiger partial charge in [0.15, 0.2) is 28.8 Å². The second-order valence-electron chi connectivity index (χ2n) is 9.94. The molecule has 0 saturated carbocycles. The fourth-order valence-electron chi connectivity index (χ4n) is 4.42. The number of carbonyl (C=O) groups excluding carboxylic acids is 1. The van der Waals surface area contributed by atoms with E-state index in [2.05, 4.69) is 15.3 Å². The Bertz CT molecular complexity index is 1810. The number of aromatic hydroxyl groups is 6. The van der Waals surface area contributed by atoms with Gasteiger partial charge in [-0.1, -0.05) is 0 Å². The van der Waals surface area contributed by atoms with Gasteiger partial charge in [-0.2, -0.15) is 0 Å². The summed E-state index contributed by atoms with van der Waals surface area (Å²) in [5.74, 6) is -5.24. The SMILES string of the molecule is O=C1/C(=C/c2cc(N=Cc3ccc(O)c(O)c3O)ccc2F)CNC/C1=C\c1cc(N=Cc2ccc(O)c(O)c2O)ccc1F. The minimum atomic E-state index is -0.703. The van der Waals surface area contributed by atoms with Gasteiger partial charge < -0.3 is 36.0 Å². The van der Waals surface area contributed by atoms with Crippen LogP contribution in [0.5, 0.6) is 34.5 Å². The van der Waals surface area contributed by atoms with Gasteiger partial charge >= 0.3 is 0 Å². The predicted octanol–water partition coefficient (Wildman–Crippen LogP) is 5.34. The Morgan fingerprint density at radius 1 is 0.578 bits per heavy atom. The summed E-state index contributed by atoms with van der Waals surface area (Å²) in [7, 11) is 0. The number of benzene rings is 4. The number of aliphatic imine (C=N–C) groups is 2. The van der Waals surface area contributed by atoms with Crippen LogP contribution in [0.4, 0.5) is 20.2 Å². The molecular formula is C33H25F2N3O7. The molecule has 0 aliphatic carbocycles. The highest BCUT2D eigenvalue weighted by Crippen LogP contribution is 2.37. The van der Waals surface area contributed by atoms with Crippen molar-refractivity contribution in [2.45, 2.75) is 0 Å². The average Bonchev–Trinajstić information content (AvgIpc) is 3.02. The van der Waals surface area contributed by atoms with E-state index >= 15 is 0 Å². The maximum atomic E-state index is 14.7. The van der Waals surface area contributed by atoms with Gasteiger partial charge in [0.1, 0.15) is 11.6 Å². The number of phenolic OH excluding ortho intramolecular Hbond substituents is 6. The molecule has 4 aromatic rings. The third-order valence-electron chi connectivity index (χ3n) is 6.86. The highest BCUT2D eigenvalue weighted by Gasteiger charge is 2.21. The topological polar surface area (TPSA) is 175 Å². The zero-order chi connectivity index (χ0) is 32.2. The minimum absolute atomic E-state index is 0.0554. The second kappa shape index (κ2) is 12.7. The van der Waals surface area contributed by atoms with Crippen molar-refractivity contribution in [3.05, 3.63) is 106 Å². The van der Waals surface area contributed by atoms with Gasteiger partial charge in [-0.05, 0) is 72.8 Å². The molecule has 1 aliphatic rings. The summed E-state index contributed by atoms with van der Waals surface area (Å²) in [5, 5.41) is 61.4. The van der Waals surface area contributed by atoms with Gasteiger partial charge in [0.2, 0.25) is 11.5 Å². The monoisotopic (exact) mass is 613 g/mol. The van der Waals surface area contributed by atoms with Gasteiger partial charge in [0, 0.05) is 58.9 Å². The Labute approximate surface area is 254 Å². The van der Waals surface area contributed by atoms with Crippen LogP contribution in [0.25, 0.3) is 12.2 Å². The Hall–Kier alpha value is -6.01. The van der Waals surface area contributed by atoms with E-state index in [-0.39, 0.29) is 57.9 Å².